The van der Waals surface area contributed by atoms with Gasteiger partial charge in [-0.3, -0.25) is 4.57 Å². The molecule has 1 aliphatic carbocycles. The van der Waals surface area contributed by atoms with Gasteiger partial charge in [0.05, 0.1) is 5.52 Å². The predicted octanol–water partition coefficient (Wildman–Crippen LogP) is 13.0. The van der Waals surface area contributed by atoms with Crippen molar-refractivity contribution in [1.82, 2.24) is 24.5 Å². The third kappa shape index (κ3) is 5.39. The summed E-state index contributed by atoms with van der Waals surface area (Å²) in [6, 6.07) is 64.0. The Labute approximate surface area is 337 Å². The number of pyridine rings is 1. The van der Waals surface area contributed by atoms with Crippen molar-refractivity contribution in [1.29, 1.82) is 0 Å². The van der Waals surface area contributed by atoms with Crippen LogP contribution in [0.1, 0.15) is 25.0 Å². The Morgan fingerprint density at radius 3 is 1.79 bits per heavy atom. The van der Waals surface area contributed by atoms with E-state index in [2.05, 4.69) is 182 Å². The largest absolute Gasteiger partial charge is 0.294 e. The van der Waals surface area contributed by atoms with Crippen LogP contribution in [0.5, 0.6) is 0 Å². The number of rotatable bonds is 6. The summed E-state index contributed by atoms with van der Waals surface area (Å²) >= 11 is 0. The summed E-state index contributed by atoms with van der Waals surface area (Å²) in [4.78, 5) is 20.7. The van der Waals surface area contributed by atoms with Crippen LogP contribution < -0.4 is 0 Å². The maximum absolute atomic E-state index is 5.35. The third-order valence-electron chi connectivity index (χ3n) is 11.7. The highest BCUT2D eigenvalue weighted by molar-refractivity contribution is 6.08. The van der Waals surface area contributed by atoms with Crippen LogP contribution in [0.2, 0.25) is 0 Å². The van der Waals surface area contributed by atoms with Gasteiger partial charge in [0, 0.05) is 44.8 Å². The van der Waals surface area contributed by atoms with Crippen molar-refractivity contribution in [3.63, 3.8) is 0 Å². The first-order valence-corrected chi connectivity index (χ1v) is 19.7. The van der Waals surface area contributed by atoms with Crippen molar-refractivity contribution in [3.8, 4) is 73.2 Å². The molecule has 0 atom stereocenters. The number of hydrogen-bond donors (Lipinski definition) is 0. The Bertz CT molecular complexity index is 3130. The van der Waals surface area contributed by atoms with Crippen LogP contribution >= 0.6 is 0 Å². The second-order valence-electron chi connectivity index (χ2n) is 15.5. The highest BCUT2D eigenvalue weighted by Gasteiger charge is 2.39. The van der Waals surface area contributed by atoms with Gasteiger partial charge in [0.1, 0.15) is 5.65 Å². The summed E-state index contributed by atoms with van der Waals surface area (Å²) in [5, 5.41) is 2.34. The number of aromatic nitrogens is 5. The second-order valence-corrected chi connectivity index (χ2v) is 15.5. The van der Waals surface area contributed by atoms with Crippen LogP contribution in [0, 0.1) is 0 Å². The van der Waals surface area contributed by atoms with Crippen molar-refractivity contribution < 1.29 is 0 Å². The zero-order valence-corrected chi connectivity index (χ0v) is 32.1. The highest BCUT2D eigenvalue weighted by Crippen LogP contribution is 2.52. The van der Waals surface area contributed by atoms with Crippen LogP contribution in [0.3, 0.4) is 0 Å². The Hall–Kier alpha value is -7.50. The van der Waals surface area contributed by atoms with Crippen molar-refractivity contribution in [2.75, 3.05) is 0 Å². The molecule has 1 aliphatic rings. The first kappa shape index (κ1) is 33.8. The molecular weight excluding hydrogens is 707 g/mol. The Morgan fingerprint density at radius 2 is 1.00 bits per heavy atom. The van der Waals surface area contributed by atoms with E-state index in [4.69, 9.17) is 19.9 Å². The number of para-hydroxylation sites is 1. The fraction of sp³-hybridized carbons (Fsp3) is 0.0566. The van der Waals surface area contributed by atoms with E-state index in [0.29, 0.717) is 17.5 Å². The molecule has 0 bridgehead atoms. The monoisotopic (exact) mass is 743 g/mol. The Morgan fingerprint density at radius 1 is 0.414 bits per heavy atom. The standard InChI is InChI=1S/C53H37N5/c1-53(2)46-33-38(58-47-25-12-11-20-41(47)44-24-14-32-54-52(44)58)30-31-40(46)42-22-13-23-45(48(42)53)51-56-49(37-28-26-35(27-29-37)34-15-5-3-6-16-34)55-50(57-51)43-21-10-9-19-39(43)36-17-7-4-8-18-36/h3-33H,1-2H3. The second kappa shape index (κ2) is 13.3. The normalized spacial score (nSPS) is 12.8. The fourth-order valence-electron chi connectivity index (χ4n) is 8.99. The minimum atomic E-state index is -0.365. The molecule has 0 fully saturated rings. The van der Waals surface area contributed by atoms with Gasteiger partial charge in [0.15, 0.2) is 17.5 Å². The lowest BCUT2D eigenvalue weighted by molar-refractivity contribution is 0.660. The molecule has 0 radical (unpaired) electrons. The zero-order valence-electron chi connectivity index (χ0n) is 32.1. The van der Waals surface area contributed by atoms with Crippen LogP contribution in [0.15, 0.2) is 188 Å². The average Bonchev–Trinajstić information content (AvgIpc) is 3.75. The summed E-state index contributed by atoms with van der Waals surface area (Å²) in [5.74, 6) is 1.92. The maximum atomic E-state index is 5.35. The molecule has 10 aromatic rings. The fourth-order valence-corrected chi connectivity index (χ4v) is 8.99. The van der Waals surface area contributed by atoms with E-state index >= 15 is 0 Å². The zero-order chi connectivity index (χ0) is 38.8. The lowest BCUT2D eigenvalue weighted by atomic mass is 9.80. The van der Waals surface area contributed by atoms with Gasteiger partial charge in [-0.1, -0.05) is 166 Å². The highest BCUT2D eigenvalue weighted by atomic mass is 15.0. The molecule has 3 heterocycles. The maximum Gasteiger partial charge on any atom is 0.164 e. The molecule has 3 aromatic heterocycles. The topological polar surface area (TPSA) is 56.5 Å². The van der Waals surface area contributed by atoms with Crippen LogP contribution in [-0.2, 0) is 5.41 Å². The van der Waals surface area contributed by atoms with Crippen molar-refractivity contribution in [2.24, 2.45) is 0 Å². The van der Waals surface area contributed by atoms with Crippen molar-refractivity contribution >= 4 is 21.9 Å². The Kier molecular flexibility index (Phi) is 7.76. The number of hydrogen-bond acceptors (Lipinski definition) is 4. The van der Waals surface area contributed by atoms with Gasteiger partial charge in [-0.25, -0.2) is 19.9 Å². The summed E-state index contributed by atoms with van der Waals surface area (Å²) in [6.07, 6.45) is 1.88. The van der Waals surface area contributed by atoms with Crippen LogP contribution in [0.4, 0.5) is 0 Å². The molecule has 274 valence electrons. The molecule has 11 rings (SSSR count). The molecule has 0 aliphatic heterocycles. The minimum Gasteiger partial charge on any atom is -0.294 e. The van der Waals surface area contributed by atoms with Crippen molar-refractivity contribution in [3.05, 3.63) is 199 Å². The predicted molar refractivity (Wildman–Crippen MR) is 237 cm³/mol. The third-order valence-corrected chi connectivity index (χ3v) is 11.7. The molecule has 5 nitrogen and oxygen atoms in total. The molecule has 0 unspecified atom stereocenters. The first-order valence-electron chi connectivity index (χ1n) is 19.7. The Balaban J connectivity index is 1.08. The number of nitrogens with zero attached hydrogens (tertiary/aromatic N) is 5. The average molecular weight is 744 g/mol. The first-order chi connectivity index (χ1) is 28.5. The molecule has 5 heteroatoms. The van der Waals surface area contributed by atoms with E-state index in [1.54, 1.807) is 0 Å². The van der Waals surface area contributed by atoms with Gasteiger partial charge >= 0.3 is 0 Å². The lowest BCUT2D eigenvalue weighted by Gasteiger charge is -2.24. The van der Waals surface area contributed by atoms with E-state index in [1.165, 1.54) is 33.2 Å². The summed E-state index contributed by atoms with van der Waals surface area (Å²) in [7, 11) is 0. The van der Waals surface area contributed by atoms with Crippen LogP contribution in [0.25, 0.3) is 95.2 Å². The number of benzene rings is 7. The molecule has 0 saturated heterocycles. The van der Waals surface area contributed by atoms with E-state index < -0.39 is 0 Å². The summed E-state index contributed by atoms with van der Waals surface area (Å²) in [6.45, 7) is 4.65. The van der Waals surface area contributed by atoms with Crippen LogP contribution in [-0.4, -0.2) is 24.5 Å². The van der Waals surface area contributed by atoms with Gasteiger partial charge in [-0.2, -0.15) is 0 Å². The molecule has 0 amide bonds. The minimum absolute atomic E-state index is 0.365. The van der Waals surface area contributed by atoms with Crippen molar-refractivity contribution in [2.45, 2.75) is 19.3 Å². The SMILES string of the molecule is CC1(C)c2cc(-n3c4ccccc4c4cccnc43)ccc2-c2cccc(-c3nc(-c4ccc(-c5ccccc5)cc4)nc(-c4ccccc4-c4ccccc4)n3)c21. The van der Waals surface area contributed by atoms with Gasteiger partial charge in [-0.15, -0.1) is 0 Å². The van der Waals surface area contributed by atoms with E-state index in [-0.39, 0.29) is 5.41 Å². The summed E-state index contributed by atoms with van der Waals surface area (Å²) < 4.78 is 2.29. The van der Waals surface area contributed by atoms with Gasteiger partial charge in [-0.05, 0) is 74.8 Å². The van der Waals surface area contributed by atoms with E-state index in [1.807, 2.05) is 24.4 Å². The van der Waals surface area contributed by atoms with E-state index in [0.717, 1.165) is 55.6 Å². The van der Waals surface area contributed by atoms with Gasteiger partial charge in [0.2, 0.25) is 0 Å². The summed E-state index contributed by atoms with van der Waals surface area (Å²) in [5.41, 5.74) is 15.1. The molecule has 0 spiro atoms. The van der Waals surface area contributed by atoms with Gasteiger partial charge < -0.3 is 0 Å². The molecular formula is C53H37N5. The van der Waals surface area contributed by atoms with E-state index in [9.17, 15) is 0 Å². The quantitative estimate of drug-likeness (QED) is 0.170. The molecule has 0 saturated carbocycles. The smallest absolute Gasteiger partial charge is 0.164 e. The van der Waals surface area contributed by atoms with Gasteiger partial charge in [0.25, 0.3) is 0 Å². The number of fused-ring (bicyclic) bond motifs is 6. The molecule has 58 heavy (non-hydrogen) atoms. The molecule has 7 aromatic carbocycles. The molecule has 0 N–H and O–H groups in total. The lowest BCUT2D eigenvalue weighted by Crippen LogP contribution is -2.17.